The topological polar surface area (TPSA) is 78.9 Å². The van der Waals surface area contributed by atoms with Crippen LogP contribution in [0.2, 0.25) is 0 Å². The Hall–Kier alpha value is -3.93. The molecule has 0 aromatic heterocycles. The molecule has 428 valence electrons. The molecule has 0 radical (unpaired) electrons. The van der Waals surface area contributed by atoms with Crippen LogP contribution in [0.1, 0.15) is 290 Å². The Bertz CT molecular complexity index is 1520. The highest BCUT2D eigenvalue weighted by Gasteiger charge is 2.19. The van der Waals surface area contributed by atoms with Crippen molar-refractivity contribution in [2.24, 2.45) is 0 Å². The largest absolute Gasteiger partial charge is 0.462 e. The van der Waals surface area contributed by atoms with E-state index in [1.54, 1.807) is 0 Å². The highest BCUT2D eigenvalue weighted by atomic mass is 16.6. The van der Waals surface area contributed by atoms with E-state index in [-0.39, 0.29) is 31.1 Å². The number of carbonyl (C=O) groups is 3. The summed E-state index contributed by atoms with van der Waals surface area (Å²) in [5, 5.41) is 0. The zero-order valence-corrected chi connectivity index (χ0v) is 49.0. The molecule has 0 bridgehead atoms. The monoisotopic (exact) mass is 1040 g/mol. The highest BCUT2D eigenvalue weighted by Crippen LogP contribution is 2.16. The van der Waals surface area contributed by atoms with Crippen LogP contribution in [-0.2, 0) is 28.6 Å². The zero-order valence-electron chi connectivity index (χ0n) is 49.0. The van der Waals surface area contributed by atoms with Crippen molar-refractivity contribution in [2.75, 3.05) is 13.2 Å². The number of hydrogen-bond acceptors (Lipinski definition) is 6. The van der Waals surface area contributed by atoms with Gasteiger partial charge in [-0.2, -0.15) is 0 Å². The van der Waals surface area contributed by atoms with Crippen molar-refractivity contribution >= 4 is 17.9 Å². The lowest BCUT2D eigenvalue weighted by molar-refractivity contribution is -0.167. The summed E-state index contributed by atoms with van der Waals surface area (Å²) >= 11 is 0. The van der Waals surface area contributed by atoms with Gasteiger partial charge in [-0.3, -0.25) is 14.4 Å². The predicted molar refractivity (Wildman–Crippen MR) is 325 cm³/mol. The van der Waals surface area contributed by atoms with Gasteiger partial charge in [-0.05, 0) is 116 Å². The fraction of sp³-hybridized carbons (Fsp3) is 0.696. The molecular weight excluding hydrogens is 925 g/mol. The summed E-state index contributed by atoms with van der Waals surface area (Å²) in [5.41, 5.74) is 0. The summed E-state index contributed by atoms with van der Waals surface area (Å²) in [5.74, 6) is -0.926. The van der Waals surface area contributed by atoms with Crippen molar-refractivity contribution in [3.63, 3.8) is 0 Å². The molecule has 0 amide bonds. The first kappa shape index (κ1) is 71.1. The van der Waals surface area contributed by atoms with Crippen LogP contribution < -0.4 is 0 Å². The molecule has 1 unspecified atom stereocenters. The van der Waals surface area contributed by atoms with Crippen LogP contribution in [0.25, 0.3) is 0 Å². The van der Waals surface area contributed by atoms with Gasteiger partial charge in [-0.25, -0.2) is 0 Å². The van der Waals surface area contributed by atoms with Gasteiger partial charge in [-0.15, -0.1) is 0 Å². The Kier molecular flexibility index (Phi) is 59.3. The third-order valence-electron chi connectivity index (χ3n) is 13.2. The van der Waals surface area contributed by atoms with E-state index in [0.29, 0.717) is 19.3 Å². The molecule has 0 spiro atoms. The van der Waals surface area contributed by atoms with Gasteiger partial charge in [0.1, 0.15) is 13.2 Å². The molecule has 0 rings (SSSR count). The van der Waals surface area contributed by atoms with Gasteiger partial charge in [0.15, 0.2) is 6.10 Å². The lowest BCUT2D eigenvalue weighted by atomic mass is 10.0. The van der Waals surface area contributed by atoms with Crippen LogP contribution in [0.4, 0.5) is 0 Å². The van der Waals surface area contributed by atoms with E-state index in [4.69, 9.17) is 14.2 Å². The third-order valence-corrected chi connectivity index (χ3v) is 13.2. The van der Waals surface area contributed by atoms with Gasteiger partial charge < -0.3 is 14.2 Å². The molecule has 6 heteroatoms. The van der Waals surface area contributed by atoms with E-state index < -0.39 is 6.10 Å². The summed E-state index contributed by atoms with van der Waals surface area (Å²) in [4.78, 5) is 38.1. The standard InChI is InChI=1S/C69H116O6/c1-4-7-10-13-16-19-22-24-25-26-27-28-29-30-31-32-33-34-35-36-37-38-39-40-41-42-43-45-47-50-53-56-59-62-68(71)74-65-66(64-73-67(70)61-58-55-52-49-46-21-18-15-12-9-6-3)75-69(72)63-60-57-54-51-48-44-23-20-17-14-11-8-5-2/h7-8,10-11,15-20,24-25,27-28,30-31,44,48,66H,4-6,9,12-14,21-23,26,29,32-43,45-47,49-65H2,1-3H3/b10-7-,11-8-,18-15-,19-16-,20-17-,25-24-,28-27-,31-30-,48-44-. The zero-order chi connectivity index (χ0) is 54.3. The first-order valence-electron chi connectivity index (χ1n) is 31.4. The maximum absolute atomic E-state index is 12.8. The van der Waals surface area contributed by atoms with E-state index in [1.807, 2.05) is 0 Å². The Morgan fingerprint density at radius 3 is 0.840 bits per heavy atom. The Morgan fingerprint density at radius 2 is 0.520 bits per heavy atom. The summed E-state index contributed by atoms with van der Waals surface area (Å²) in [6.45, 7) is 6.35. The molecule has 0 aromatic rings. The molecule has 0 fully saturated rings. The number of rotatable bonds is 56. The number of hydrogen-bond donors (Lipinski definition) is 0. The van der Waals surface area contributed by atoms with Gasteiger partial charge in [0, 0.05) is 19.3 Å². The number of unbranched alkanes of at least 4 members (excludes halogenated alkanes) is 27. The highest BCUT2D eigenvalue weighted by molar-refractivity contribution is 5.71. The third kappa shape index (κ3) is 60.8. The van der Waals surface area contributed by atoms with Crippen LogP contribution in [0.5, 0.6) is 0 Å². The average Bonchev–Trinajstić information content (AvgIpc) is 3.41. The first-order valence-corrected chi connectivity index (χ1v) is 31.4. The molecule has 0 saturated carbocycles. The number of carbonyl (C=O) groups excluding carboxylic acids is 3. The smallest absolute Gasteiger partial charge is 0.306 e. The maximum atomic E-state index is 12.8. The van der Waals surface area contributed by atoms with Gasteiger partial charge >= 0.3 is 17.9 Å². The second-order valence-corrected chi connectivity index (χ2v) is 20.5. The quantitative estimate of drug-likeness (QED) is 0.0261. The van der Waals surface area contributed by atoms with Gasteiger partial charge in [0.2, 0.25) is 0 Å². The molecule has 0 N–H and O–H groups in total. The number of allylic oxidation sites excluding steroid dienone is 18. The Labute approximate surface area is 463 Å². The molecule has 75 heavy (non-hydrogen) atoms. The predicted octanol–water partition coefficient (Wildman–Crippen LogP) is 21.4. The summed E-state index contributed by atoms with van der Waals surface area (Å²) in [6, 6.07) is 0. The fourth-order valence-corrected chi connectivity index (χ4v) is 8.58. The van der Waals surface area contributed by atoms with Crippen molar-refractivity contribution in [2.45, 2.75) is 297 Å². The summed E-state index contributed by atoms with van der Waals surface area (Å²) < 4.78 is 16.8. The molecule has 6 nitrogen and oxygen atoms in total. The van der Waals surface area contributed by atoms with Crippen LogP contribution in [0, 0.1) is 0 Å². The van der Waals surface area contributed by atoms with Crippen molar-refractivity contribution in [1.82, 2.24) is 0 Å². The van der Waals surface area contributed by atoms with Gasteiger partial charge in [-0.1, -0.05) is 265 Å². The molecule has 0 saturated heterocycles. The first-order chi connectivity index (χ1) is 37.0. The van der Waals surface area contributed by atoms with Gasteiger partial charge in [0.05, 0.1) is 0 Å². The minimum atomic E-state index is -0.795. The lowest BCUT2D eigenvalue weighted by Gasteiger charge is -2.18. The molecule has 0 aliphatic heterocycles. The molecule has 0 aliphatic carbocycles. The fourth-order valence-electron chi connectivity index (χ4n) is 8.58. The number of esters is 3. The van der Waals surface area contributed by atoms with Crippen LogP contribution >= 0.6 is 0 Å². The van der Waals surface area contributed by atoms with E-state index >= 15 is 0 Å². The summed E-state index contributed by atoms with van der Waals surface area (Å²) in [6.07, 6.45) is 85.5. The van der Waals surface area contributed by atoms with E-state index in [9.17, 15) is 14.4 Å². The minimum Gasteiger partial charge on any atom is -0.462 e. The normalized spacial score (nSPS) is 12.8. The minimum absolute atomic E-state index is 0.0909. The second kappa shape index (κ2) is 62.6. The number of ether oxygens (including phenoxy) is 3. The van der Waals surface area contributed by atoms with E-state index in [1.165, 1.54) is 128 Å². The lowest BCUT2D eigenvalue weighted by Crippen LogP contribution is -2.30. The van der Waals surface area contributed by atoms with Crippen molar-refractivity contribution in [3.05, 3.63) is 109 Å². The van der Waals surface area contributed by atoms with Crippen molar-refractivity contribution < 1.29 is 28.6 Å². The van der Waals surface area contributed by atoms with Crippen LogP contribution in [-0.4, -0.2) is 37.2 Å². The molecule has 0 aromatic carbocycles. The van der Waals surface area contributed by atoms with Gasteiger partial charge in [0.25, 0.3) is 0 Å². The molecular formula is C69H116O6. The maximum Gasteiger partial charge on any atom is 0.306 e. The molecule has 0 heterocycles. The Morgan fingerprint density at radius 1 is 0.280 bits per heavy atom. The average molecular weight is 1040 g/mol. The van der Waals surface area contributed by atoms with E-state index in [2.05, 4.69) is 130 Å². The summed E-state index contributed by atoms with van der Waals surface area (Å²) in [7, 11) is 0. The molecule has 0 aliphatic rings. The second-order valence-electron chi connectivity index (χ2n) is 20.5. The van der Waals surface area contributed by atoms with E-state index in [0.717, 1.165) is 122 Å². The Balaban J connectivity index is 4.11. The van der Waals surface area contributed by atoms with Crippen molar-refractivity contribution in [3.8, 4) is 0 Å². The van der Waals surface area contributed by atoms with Crippen molar-refractivity contribution in [1.29, 1.82) is 0 Å². The van der Waals surface area contributed by atoms with Crippen LogP contribution in [0.15, 0.2) is 109 Å². The van der Waals surface area contributed by atoms with Crippen LogP contribution in [0.3, 0.4) is 0 Å². The molecule has 1 atom stereocenters. The SMILES string of the molecule is CC/C=C\C/C=C\C/C=C\C/C=C\C/C=C\CCCCCCCCCCCCCCCCCCCC(=O)OCC(COC(=O)CCCCCCC/C=C\CCCC)OC(=O)CCCCC/C=C\C/C=C\C/C=C\CC.